The van der Waals surface area contributed by atoms with Crippen LogP contribution in [0.5, 0.6) is 0 Å². The van der Waals surface area contributed by atoms with Gasteiger partial charge in [-0.15, -0.1) is 0 Å². The third kappa shape index (κ3) is 6.32. The zero-order valence-electron chi connectivity index (χ0n) is 14.9. The van der Waals surface area contributed by atoms with Crippen molar-refractivity contribution in [1.29, 1.82) is 0 Å². The smallest absolute Gasteiger partial charge is 0.329 e. The van der Waals surface area contributed by atoms with Gasteiger partial charge in [0, 0.05) is 11.4 Å². The van der Waals surface area contributed by atoms with E-state index in [1.54, 1.807) is 12.1 Å². The molecule has 2 rings (SSSR count). The Kier molecular flexibility index (Phi) is 6.44. The molecule has 0 aliphatic carbocycles. The Balaban J connectivity index is 1.80. The average molecular weight is 379 g/mol. The van der Waals surface area contributed by atoms with Crippen molar-refractivity contribution in [3.05, 3.63) is 59.7 Å². The van der Waals surface area contributed by atoms with Gasteiger partial charge in [0.2, 0.25) is 5.91 Å². The monoisotopic (exact) mass is 379 g/mol. The molecule has 2 aromatic rings. The predicted molar refractivity (Wildman–Crippen MR) is 97.6 cm³/mol. The van der Waals surface area contributed by atoms with Gasteiger partial charge in [-0.2, -0.15) is 13.2 Å². The number of benzene rings is 2. The maximum atomic E-state index is 12.5. The predicted octanol–water partition coefficient (Wildman–Crippen LogP) is 4.59. The van der Waals surface area contributed by atoms with Crippen molar-refractivity contribution < 1.29 is 22.8 Å². The molecule has 0 fully saturated rings. The molecule has 0 aliphatic heterocycles. The molecule has 27 heavy (non-hydrogen) atoms. The number of amides is 3. The van der Waals surface area contributed by atoms with Gasteiger partial charge in [-0.05, 0) is 47.9 Å². The summed E-state index contributed by atoms with van der Waals surface area (Å²) in [5, 5.41) is 7.39. The molecule has 0 aromatic heterocycles. The molecular formula is C19H20F3N3O2. The lowest BCUT2D eigenvalue weighted by Crippen LogP contribution is -2.35. The van der Waals surface area contributed by atoms with Crippen LogP contribution in [0.3, 0.4) is 0 Å². The van der Waals surface area contributed by atoms with E-state index in [-0.39, 0.29) is 12.2 Å². The Labute approximate surface area is 155 Å². The lowest BCUT2D eigenvalue weighted by Gasteiger charge is -2.11. The van der Waals surface area contributed by atoms with E-state index in [1.807, 2.05) is 12.1 Å². The number of halogens is 3. The molecule has 2 aromatic carbocycles. The van der Waals surface area contributed by atoms with Crippen LogP contribution in [0.15, 0.2) is 48.5 Å². The summed E-state index contributed by atoms with van der Waals surface area (Å²) in [6.07, 6.45) is -4.43. The van der Waals surface area contributed by atoms with Crippen molar-refractivity contribution in [2.75, 3.05) is 17.2 Å². The van der Waals surface area contributed by atoms with Gasteiger partial charge in [-0.1, -0.05) is 26.0 Å². The number of hydrogen-bond acceptors (Lipinski definition) is 2. The zero-order chi connectivity index (χ0) is 20.0. The minimum Gasteiger partial charge on any atom is -0.329 e. The maximum Gasteiger partial charge on any atom is 0.416 e. The van der Waals surface area contributed by atoms with E-state index < -0.39 is 23.7 Å². The fourth-order valence-corrected chi connectivity index (χ4v) is 2.23. The van der Waals surface area contributed by atoms with Crippen LogP contribution < -0.4 is 16.0 Å². The van der Waals surface area contributed by atoms with Gasteiger partial charge in [0.1, 0.15) is 0 Å². The molecule has 0 unspecified atom stereocenters. The largest absolute Gasteiger partial charge is 0.416 e. The number of hydrogen-bond donors (Lipinski definition) is 3. The molecular weight excluding hydrogens is 359 g/mol. The molecule has 0 atom stereocenters. The number of carbonyl (C=O) groups is 2. The van der Waals surface area contributed by atoms with Gasteiger partial charge in [0.15, 0.2) is 0 Å². The van der Waals surface area contributed by atoms with Crippen LogP contribution >= 0.6 is 0 Å². The summed E-state index contributed by atoms with van der Waals surface area (Å²) in [6.45, 7) is 3.80. The summed E-state index contributed by atoms with van der Waals surface area (Å²) >= 11 is 0. The highest BCUT2D eigenvalue weighted by Gasteiger charge is 2.29. The molecule has 0 bridgehead atoms. The summed E-state index contributed by atoms with van der Waals surface area (Å²) < 4.78 is 37.5. The van der Waals surface area contributed by atoms with Gasteiger partial charge >= 0.3 is 12.2 Å². The number of carbonyl (C=O) groups excluding carboxylic acids is 2. The summed E-state index contributed by atoms with van der Waals surface area (Å²) in [7, 11) is 0. The Morgan fingerprint density at radius 1 is 0.889 bits per heavy atom. The third-order valence-electron chi connectivity index (χ3n) is 3.74. The highest BCUT2D eigenvalue weighted by atomic mass is 19.4. The summed E-state index contributed by atoms with van der Waals surface area (Å²) in [5.41, 5.74) is 1.12. The van der Waals surface area contributed by atoms with Crippen molar-refractivity contribution in [1.82, 2.24) is 5.32 Å². The first-order chi connectivity index (χ1) is 12.6. The minimum atomic E-state index is -4.43. The summed E-state index contributed by atoms with van der Waals surface area (Å²) in [4.78, 5) is 23.6. The van der Waals surface area contributed by atoms with Crippen molar-refractivity contribution in [2.45, 2.75) is 25.9 Å². The Morgan fingerprint density at radius 2 is 1.41 bits per heavy atom. The normalized spacial score (nSPS) is 11.2. The summed E-state index contributed by atoms with van der Waals surface area (Å²) in [6, 6.07) is 10.8. The first-order valence-corrected chi connectivity index (χ1v) is 8.27. The van der Waals surface area contributed by atoms with E-state index in [1.165, 1.54) is 0 Å². The van der Waals surface area contributed by atoms with Gasteiger partial charge in [0.05, 0.1) is 12.1 Å². The van der Waals surface area contributed by atoms with Gasteiger partial charge < -0.3 is 16.0 Å². The average Bonchev–Trinajstić information content (AvgIpc) is 2.60. The second-order valence-corrected chi connectivity index (χ2v) is 6.21. The number of urea groups is 1. The van der Waals surface area contributed by atoms with Crippen molar-refractivity contribution in [3.8, 4) is 0 Å². The molecule has 8 heteroatoms. The minimum absolute atomic E-state index is 0.208. The van der Waals surface area contributed by atoms with Crippen molar-refractivity contribution in [3.63, 3.8) is 0 Å². The SMILES string of the molecule is CC(C)c1ccc(NC(=O)NCC(=O)Nc2ccc(C(F)(F)F)cc2)cc1. The molecule has 3 N–H and O–H groups in total. The molecule has 0 radical (unpaired) electrons. The molecule has 144 valence electrons. The highest BCUT2D eigenvalue weighted by molar-refractivity contribution is 5.96. The van der Waals surface area contributed by atoms with Crippen molar-refractivity contribution >= 4 is 23.3 Å². The fourth-order valence-electron chi connectivity index (χ4n) is 2.23. The van der Waals surface area contributed by atoms with Gasteiger partial charge in [0.25, 0.3) is 0 Å². The molecule has 0 aliphatic rings. The van der Waals surface area contributed by atoms with E-state index in [9.17, 15) is 22.8 Å². The van der Waals surface area contributed by atoms with Crippen LogP contribution in [0.25, 0.3) is 0 Å². The molecule has 0 heterocycles. The van der Waals surface area contributed by atoms with E-state index in [4.69, 9.17) is 0 Å². The Bertz CT molecular complexity index is 785. The van der Waals surface area contributed by atoms with E-state index in [0.717, 1.165) is 29.8 Å². The quantitative estimate of drug-likeness (QED) is 0.711. The number of anilines is 2. The zero-order valence-corrected chi connectivity index (χ0v) is 14.9. The van der Waals surface area contributed by atoms with Crippen molar-refractivity contribution in [2.24, 2.45) is 0 Å². The fraction of sp³-hybridized carbons (Fsp3) is 0.263. The number of nitrogens with one attached hydrogen (secondary N) is 3. The number of alkyl halides is 3. The van der Waals surface area contributed by atoms with Crippen LogP contribution in [0, 0.1) is 0 Å². The maximum absolute atomic E-state index is 12.5. The van der Waals surface area contributed by atoms with Crippen LogP contribution in [0.4, 0.5) is 29.3 Å². The topological polar surface area (TPSA) is 70.2 Å². The lowest BCUT2D eigenvalue weighted by atomic mass is 10.0. The van der Waals surface area contributed by atoms with E-state index >= 15 is 0 Å². The Morgan fingerprint density at radius 3 is 1.93 bits per heavy atom. The summed E-state index contributed by atoms with van der Waals surface area (Å²) in [5.74, 6) is -0.179. The van der Waals surface area contributed by atoms with Crippen LogP contribution in [-0.4, -0.2) is 18.5 Å². The van der Waals surface area contributed by atoms with Crippen LogP contribution in [0.2, 0.25) is 0 Å². The molecule has 0 spiro atoms. The molecule has 5 nitrogen and oxygen atoms in total. The van der Waals surface area contributed by atoms with Crippen LogP contribution in [0.1, 0.15) is 30.9 Å². The second-order valence-electron chi connectivity index (χ2n) is 6.21. The second kappa shape index (κ2) is 8.57. The highest BCUT2D eigenvalue weighted by Crippen LogP contribution is 2.29. The lowest BCUT2D eigenvalue weighted by molar-refractivity contribution is -0.137. The molecule has 3 amide bonds. The molecule has 0 saturated carbocycles. The first kappa shape index (κ1) is 20.3. The first-order valence-electron chi connectivity index (χ1n) is 8.27. The number of rotatable bonds is 5. The molecule has 0 saturated heterocycles. The van der Waals surface area contributed by atoms with Gasteiger partial charge in [-0.25, -0.2) is 4.79 Å². The third-order valence-corrected chi connectivity index (χ3v) is 3.74. The van der Waals surface area contributed by atoms with Gasteiger partial charge in [-0.3, -0.25) is 4.79 Å². The van der Waals surface area contributed by atoms with Crippen LogP contribution in [-0.2, 0) is 11.0 Å². The van der Waals surface area contributed by atoms with E-state index in [2.05, 4.69) is 29.8 Å². The standard InChI is InChI=1S/C19H20F3N3O2/c1-12(2)13-3-7-16(8-4-13)25-18(27)23-11-17(26)24-15-9-5-14(6-10-15)19(20,21)22/h3-10,12H,11H2,1-2H3,(H,24,26)(H2,23,25,27). The van der Waals surface area contributed by atoms with E-state index in [0.29, 0.717) is 11.6 Å². The Hall–Kier alpha value is -3.03.